The van der Waals surface area contributed by atoms with Crippen LogP contribution in [0.15, 0.2) is 30.5 Å². The Hall–Kier alpha value is -2.90. The molecule has 0 bridgehead atoms. The topological polar surface area (TPSA) is 97.6 Å². The van der Waals surface area contributed by atoms with Crippen molar-refractivity contribution in [2.75, 3.05) is 25.5 Å². The van der Waals surface area contributed by atoms with Crippen LogP contribution in [-0.2, 0) is 4.74 Å². The standard InChI is InChI=1S/C16H18N4O4/c1-24-16(21)19-9-6-11(7-10-19)18-13-4-5-14(20(22)23)12-3-2-8-17-15(12)13/h2-5,8,11,18H,6-7,9-10H2,1H3. The number of amides is 1. The summed E-state index contributed by atoms with van der Waals surface area (Å²) < 4.78 is 4.73. The molecule has 24 heavy (non-hydrogen) atoms. The predicted molar refractivity (Wildman–Crippen MR) is 89.0 cm³/mol. The van der Waals surface area contributed by atoms with Crippen LogP contribution in [0.5, 0.6) is 0 Å². The Morgan fingerprint density at radius 2 is 2.12 bits per heavy atom. The van der Waals surface area contributed by atoms with Gasteiger partial charge in [0.15, 0.2) is 0 Å². The van der Waals surface area contributed by atoms with Gasteiger partial charge in [-0.1, -0.05) is 0 Å². The summed E-state index contributed by atoms with van der Waals surface area (Å²) in [5, 5.41) is 15.1. The van der Waals surface area contributed by atoms with Crippen LogP contribution in [-0.4, -0.2) is 47.1 Å². The molecule has 0 radical (unpaired) electrons. The quantitative estimate of drug-likeness (QED) is 0.686. The second kappa shape index (κ2) is 6.69. The molecule has 0 unspecified atom stereocenters. The molecule has 1 aliphatic rings. The number of piperidine rings is 1. The molecule has 3 rings (SSSR count). The van der Waals surface area contributed by atoms with Crippen molar-refractivity contribution < 1.29 is 14.5 Å². The largest absolute Gasteiger partial charge is 0.453 e. The smallest absolute Gasteiger partial charge is 0.409 e. The Labute approximate surface area is 138 Å². The molecule has 0 saturated carbocycles. The van der Waals surface area contributed by atoms with Crippen molar-refractivity contribution in [2.45, 2.75) is 18.9 Å². The Morgan fingerprint density at radius 1 is 1.38 bits per heavy atom. The molecule has 0 atom stereocenters. The summed E-state index contributed by atoms with van der Waals surface area (Å²) in [5.74, 6) is 0. The van der Waals surface area contributed by atoms with Crippen LogP contribution in [0.1, 0.15) is 12.8 Å². The molecule has 1 saturated heterocycles. The van der Waals surface area contributed by atoms with Crippen LogP contribution in [0.25, 0.3) is 10.9 Å². The van der Waals surface area contributed by atoms with Crippen LogP contribution in [0.2, 0.25) is 0 Å². The number of nitro groups is 1. The van der Waals surface area contributed by atoms with Gasteiger partial charge in [0.2, 0.25) is 0 Å². The van der Waals surface area contributed by atoms with Crippen LogP contribution in [0.4, 0.5) is 16.2 Å². The zero-order chi connectivity index (χ0) is 17.1. The van der Waals surface area contributed by atoms with Gasteiger partial charge in [0, 0.05) is 31.4 Å². The van der Waals surface area contributed by atoms with Gasteiger partial charge in [0.1, 0.15) is 5.52 Å². The number of nitrogens with zero attached hydrogens (tertiary/aromatic N) is 3. The molecule has 0 aliphatic carbocycles. The predicted octanol–water partition coefficient (Wildman–Crippen LogP) is 2.79. The van der Waals surface area contributed by atoms with Gasteiger partial charge in [0.25, 0.3) is 5.69 Å². The number of anilines is 1. The number of nitro benzene ring substituents is 1. The summed E-state index contributed by atoms with van der Waals surface area (Å²) in [6.45, 7) is 1.23. The van der Waals surface area contributed by atoms with E-state index in [1.807, 2.05) is 0 Å². The van der Waals surface area contributed by atoms with E-state index in [1.54, 1.807) is 29.3 Å². The minimum Gasteiger partial charge on any atom is -0.453 e. The highest BCUT2D eigenvalue weighted by Gasteiger charge is 2.24. The van der Waals surface area contributed by atoms with Crippen molar-refractivity contribution in [3.8, 4) is 0 Å². The maximum Gasteiger partial charge on any atom is 0.409 e. The molecular weight excluding hydrogens is 312 g/mol. The Morgan fingerprint density at radius 3 is 2.79 bits per heavy atom. The fourth-order valence-electron chi connectivity index (χ4n) is 2.99. The Kier molecular flexibility index (Phi) is 4.45. The molecule has 8 nitrogen and oxygen atoms in total. The van der Waals surface area contributed by atoms with Gasteiger partial charge in [-0.25, -0.2) is 4.79 Å². The van der Waals surface area contributed by atoms with E-state index in [2.05, 4.69) is 10.3 Å². The number of likely N-dealkylation sites (tertiary alicyclic amines) is 1. The molecule has 1 amide bonds. The van der Waals surface area contributed by atoms with E-state index in [1.165, 1.54) is 13.2 Å². The number of methoxy groups -OCH3 is 1. The monoisotopic (exact) mass is 330 g/mol. The lowest BCUT2D eigenvalue weighted by molar-refractivity contribution is -0.383. The molecule has 1 aromatic heterocycles. The summed E-state index contributed by atoms with van der Waals surface area (Å²) in [6.07, 6.45) is 2.87. The number of aromatic nitrogens is 1. The maximum absolute atomic E-state index is 11.5. The van der Waals surface area contributed by atoms with E-state index in [9.17, 15) is 14.9 Å². The van der Waals surface area contributed by atoms with Gasteiger partial charge < -0.3 is 15.0 Å². The van der Waals surface area contributed by atoms with Crippen LogP contribution < -0.4 is 5.32 Å². The molecule has 2 heterocycles. The fourth-order valence-corrected chi connectivity index (χ4v) is 2.99. The molecule has 2 aromatic rings. The third-order valence-corrected chi connectivity index (χ3v) is 4.23. The zero-order valence-electron chi connectivity index (χ0n) is 13.3. The van der Waals surface area contributed by atoms with Gasteiger partial charge in [-0.3, -0.25) is 15.1 Å². The molecule has 126 valence electrons. The number of ether oxygens (including phenoxy) is 1. The van der Waals surface area contributed by atoms with Crippen LogP contribution in [0, 0.1) is 10.1 Å². The number of non-ortho nitro benzene ring substituents is 1. The highest BCUT2D eigenvalue weighted by atomic mass is 16.6. The minimum absolute atomic E-state index is 0.0455. The number of pyridine rings is 1. The summed E-state index contributed by atoms with van der Waals surface area (Å²) in [6, 6.07) is 6.76. The molecule has 8 heteroatoms. The van der Waals surface area contributed by atoms with Gasteiger partial charge in [0.05, 0.1) is 23.1 Å². The van der Waals surface area contributed by atoms with Crippen molar-refractivity contribution in [3.63, 3.8) is 0 Å². The first-order valence-corrected chi connectivity index (χ1v) is 7.71. The lowest BCUT2D eigenvalue weighted by Crippen LogP contribution is -2.42. The lowest BCUT2D eigenvalue weighted by Gasteiger charge is -2.32. The van der Waals surface area contributed by atoms with Crippen molar-refractivity contribution in [3.05, 3.63) is 40.6 Å². The summed E-state index contributed by atoms with van der Waals surface area (Å²) in [5.41, 5.74) is 1.40. The molecule has 1 N–H and O–H groups in total. The van der Waals surface area contributed by atoms with Gasteiger partial charge in [-0.15, -0.1) is 0 Å². The van der Waals surface area contributed by atoms with E-state index in [4.69, 9.17) is 4.74 Å². The van der Waals surface area contributed by atoms with E-state index in [0.29, 0.717) is 24.0 Å². The molecule has 1 fully saturated rings. The highest BCUT2D eigenvalue weighted by molar-refractivity contribution is 5.96. The van der Waals surface area contributed by atoms with Gasteiger partial charge >= 0.3 is 6.09 Å². The fraction of sp³-hybridized carbons (Fsp3) is 0.375. The van der Waals surface area contributed by atoms with Crippen molar-refractivity contribution >= 4 is 28.4 Å². The van der Waals surface area contributed by atoms with Crippen molar-refractivity contribution in [1.82, 2.24) is 9.88 Å². The average Bonchev–Trinajstić information content (AvgIpc) is 2.61. The normalized spacial score (nSPS) is 15.3. The highest BCUT2D eigenvalue weighted by Crippen LogP contribution is 2.31. The van der Waals surface area contributed by atoms with E-state index in [-0.39, 0.29) is 17.8 Å². The second-order valence-corrected chi connectivity index (χ2v) is 5.66. The first kappa shape index (κ1) is 16.0. The van der Waals surface area contributed by atoms with E-state index >= 15 is 0 Å². The molecule has 0 spiro atoms. The first-order chi connectivity index (χ1) is 11.6. The number of hydrogen-bond donors (Lipinski definition) is 1. The van der Waals surface area contributed by atoms with Crippen molar-refractivity contribution in [2.24, 2.45) is 0 Å². The SMILES string of the molecule is COC(=O)N1CCC(Nc2ccc([N+](=O)[O-])c3cccnc23)CC1. The molecular formula is C16H18N4O4. The molecule has 1 aromatic carbocycles. The van der Waals surface area contributed by atoms with E-state index in [0.717, 1.165) is 18.5 Å². The Bertz CT molecular complexity index is 772. The van der Waals surface area contributed by atoms with Crippen molar-refractivity contribution in [1.29, 1.82) is 0 Å². The summed E-state index contributed by atoms with van der Waals surface area (Å²) in [4.78, 5) is 28.2. The Balaban J connectivity index is 1.78. The zero-order valence-corrected chi connectivity index (χ0v) is 13.3. The maximum atomic E-state index is 11.5. The number of rotatable bonds is 3. The number of fused-ring (bicyclic) bond motifs is 1. The van der Waals surface area contributed by atoms with Gasteiger partial charge in [-0.05, 0) is 31.0 Å². The van der Waals surface area contributed by atoms with Crippen LogP contribution in [0.3, 0.4) is 0 Å². The van der Waals surface area contributed by atoms with E-state index < -0.39 is 4.92 Å². The van der Waals surface area contributed by atoms with Gasteiger partial charge in [-0.2, -0.15) is 0 Å². The minimum atomic E-state index is -0.400. The number of hydrogen-bond acceptors (Lipinski definition) is 6. The number of nitrogens with one attached hydrogen (secondary N) is 1. The number of benzene rings is 1. The first-order valence-electron chi connectivity index (χ1n) is 7.71. The third-order valence-electron chi connectivity index (χ3n) is 4.23. The molecule has 1 aliphatic heterocycles. The summed E-state index contributed by atoms with van der Waals surface area (Å²) >= 11 is 0. The second-order valence-electron chi connectivity index (χ2n) is 5.66. The average molecular weight is 330 g/mol. The summed E-state index contributed by atoms with van der Waals surface area (Å²) in [7, 11) is 1.38. The van der Waals surface area contributed by atoms with Crippen LogP contribution >= 0.6 is 0 Å². The number of carbonyl (C=O) groups excluding carboxylic acids is 1. The lowest BCUT2D eigenvalue weighted by atomic mass is 10.0. The number of carbonyl (C=O) groups is 1. The third kappa shape index (κ3) is 3.08.